The van der Waals surface area contributed by atoms with Gasteiger partial charge in [0, 0.05) is 27.7 Å². The maximum atomic E-state index is 13.5. The Kier molecular flexibility index (Phi) is 8.04. The van der Waals surface area contributed by atoms with E-state index in [0.29, 0.717) is 31.2 Å². The number of hydrogen-bond acceptors (Lipinski definition) is 3. The molecule has 0 bridgehead atoms. The number of nitrogens with one attached hydrogen (secondary N) is 2. The number of benzene rings is 1. The van der Waals surface area contributed by atoms with Crippen molar-refractivity contribution < 1.29 is 13.9 Å². The molecule has 0 aliphatic carbocycles. The monoisotopic (exact) mass is 324 g/mol. The number of aliphatic imine (C=N–C) groups is 1. The number of rotatable bonds is 7. The summed E-state index contributed by atoms with van der Waals surface area (Å²) >= 11 is 0. The number of amides is 1. The molecule has 1 aromatic rings. The van der Waals surface area contributed by atoms with Crippen LogP contribution in [0, 0.1) is 12.7 Å². The molecule has 0 aliphatic rings. The van der Waals surface area contributed by atoms with E-state index in [-0.39, 0.29) is 18.3 Å². The summed E-state index contributed by atoms with van der Waals surface area (Å²) in [5.41, 5.74) is 1.37. The van der Waals surface area contributed by atoms with Crippen LogP contribution in [0.4, 0.5) is 4.39 Å². The Balaban J connectivity index is 2.68. The predicted molar refractivity (Wildman–Crippen MR) is 88.9 cm³/mol. The Morgan fingerprint density at radius 2 is 2.09 bits per heavy atom. The summed E-state index contributed by atoms with van der Waals surface area (Å²) < 4.78 is 18.5. The number of carbonyl (C=O) groups is 1. The third-order valence-corrected chi connectivity index (χ3v) is 3.16. The molecule has 0 aliphatic heterocycles. The number of likely N-dealkylation sites (N-methyl/N-ethyl adjacent to an activating group) is 1. The summed E-state index contributed by atoms with van der Waals surface area (Å²) in [5.74, 6) is 0.174. The van der Waals surface area contributed by atoms with Gasteiger partial charge in [0.1, 0.15) is 5.82 Å². The van der Waals surface area contributed by atoms with E-state index in [4.69, 9.17) is 4.74 Å². The predicted octanol–water partition coefficient (Wildman–Crippen LogP) is 0.904. The van der Waals surface area contributed by atoms with Crippen molar-refractivity contribution in [1.29, 1.82) is 0 Å². The molecule has 23 heavy (non-hydrogen) atoms. The molecule has 0 saturated carbocycles. The Morgan fingerprint density at radius 1 is 1.35 bits per heavy atom. The molecule has 0 aromatic heterocycles. The topological polar surface area (TPSA) is 66.0 Å². The first kappa shape index (κ1) is 18.9. The van der Waals surface area contributed by atoms with Gasteiger partial charge in [-0.25, -0.2) is 9.38 Å². The van der Waals surface area contributed by atoms with Crippen LogP contribution in [0.2, 0.25) is 0 Å². The number of halogens is 1. The van der Waals surface area contributed by atoms with Crippen molar-refractivity contribution in [3.05, 3.63) is 35.1 Å². The second-order valence-corrected chi connectivity index (χ2v) is 5.31. The Labute approximate surface area is 136 Å². The maximum absolute atomic E-state index is 13.5. The normalized spacial score (nSPS) is 11.3. The lowest BCUT2D eigenvalue weighted by atomic mass is 10.1. The number of carbonyl (C=O) groups excluding carboxylic acids is 1. The fourth-order valence-corrected chi connectivity index (χ4v) is 1.67. The van der Waals surface area contributed by atoms with Crippen molar-refractivity contribution in [2.24, 2.45) is 4.99 Å². The zero-order chi connectivity index (χ0) is 17.2. The fourth-order valence-electron chi connectivity index (χ4n) is 1.67. The molecule has 6 nitrogen and oxygen atoms in total. The molecule has 1 aromatic carbocycles. The minimum absolute atomic E-state index is 0.0624. The standard InChI is InChI=1S/C16H25FN4O2/c1-12-5-6-13(9-14(12)17)10-19-16(18-7-8-23-4)20-11-15(22)21(2)3/h5-6,9H,7-8,10-11H2,1-4H3,(H2,18,19,20). The average Bonchev–Trinajstić information content (AvgIpc) is 2.52. The van der Waals surface area contributed by atoms with Gasteiger partial charge >= 0.3 is 0 Å². The number of guanidine groups is 1. The van der Waals surface area contributed by atoms with Gasteiger partial charge in [0.2, 0.25) is 5.91 Å². The van der Waals surface area contributed by atoms with Gasteiger partial charge in [0.05, 0.1) is 19.7 Å². The second-order valence-electron chi connectivity index (χ2n) is 5.31. The summed E-state index contributed by atoms with van der Waals surface area (Å²) in [6, 6.07) is 5.03. The Bertz CT molecular complexity index is 547. The second kappa shape index (κ2) is 9.78. The molecule has 7 heteroatoms. The van der Waals surface area contributed by atoms with Crippen molar-refractivity contribution in [1.82, 2.24) is 15.5 Å². The van der Waals surface area contributed by atoms with Crippen LogP contribution in [0.5, 0.6) is 0 Å². The highest BCUT2D eigenvalue weighted by molar-refractivity contribution is 5.86. The van der Waals surface area contributed by atoms with E-state index < -0.39 is 0 Å². The van der Waals surface area contributed by atoms with Crippen LogP contribution in [0.15, 0.2) is 23.2 Å². The van der Waals surface area contributed by atoms with Crippen LogP contribution in [-0.4, -0.2) is 57.7 Å². The number of hydrogen-bond donors (Lipinski definition) is 2. The number of aryl methyl sites for hydroxylation is 1. The minimum Gasteiger partial charge on any atom is -0.383 e. The molecule has 0 radical (unpaired) electrons. The molecule has 1 amide bonds. The molecule has 0 atom stereocenters. The Morgan fingerprint density at radius 3 is 2.70 bits per heavy atom. The van der Waals surface area contributed by atoms with Gasteiger partial charge in [-0.1, -0.05) is 12.1 Å². The zero-order valence-corrected chi connectivity index (χ0v) is 14.1. The number of methoxy groups -OCH3 is 1. The molecule has 0 saturated heterocycles. The van der Waals surface area contributed by atoms with Gasteiger partial charge in [-0.3, -0.25) is 4.79 Å². The summed E-state index contributed by atoms with van der Waals surface area (Å²) in [6.45, 7) is 3.24. The van der Waals surface area contributed by atoms with E-state index in [1.54, 1.807) is 34.2 Å². The third kappa shape index (κ3) is 7.10. The summed E-state index contributed by atoms with van der Waals surface area (Å²) in [4.78, 5) is 17.5. The highest BCUT2D eigenvalue weighted by Gasteiger charge is 2.06. The summed E-state index contributed by atoms with van der Waals surface area (Å²) in [7, 11) is 4.99. The lowest BCUT2D eigenvalue weighted by Crippen LogP contribution is -2.43. The first-order chi connectivity index (χ1) is 10.9. The fraction of sp³-hybridized carbons (Fsp3) is 0.500. The lowest BCUT2D eigenvalue weighted by molar-refractivity contribution is -0.127. The first-order valence-corrected chi connectivity index (χ1v) is 7.40. The van der Waals surface area contributed by atoms with Crippen LogP contribution in [0.1, 0.15) is 11.1 Å². The van der Waals surface area contributed by atoms with Gasteiger partial charge in [0.25, 0.3) is 0 Å². The molecule has 0 unspecified atom stereocenters. The lowest BCUT2D eigenvalue weighted by Gasteiger charge is -2.14. The van der Waals surface area contributed by atoms with Crippen molar-refractivity contribution in [2.45, 2.75) is 13.5 Å². The molecule has 2 N–H and O–H groups in total. The molecule has 0 fully saturated rings. The zero-order valence-electron chi connectivity index (χ0n) is 14.1. The molecule has 1 rings (SSSR count). The van der Waals surface area contributed by atoms with Crippen LogP contribution < -0.4 is 10.6 Å². The van der Waals surface area contributed by atoms with Gasteiger partial charge in [0.15, 0.2) is 5.96 Å². The highest BCUT2D eigenvalue weighted by atomic mass is 19.1. The maximum Gasteiger partial charge on any atom is 0.241 e. The van der Waals surface area contributed by atoms with E-state index in [0.717, 1.165) is 5.56 Å². The molecular formula is C16H25FN4O2. The van der Waals surface area contributed by atoms with Gasteiger partial charge < -0.3 is 20.3 Å². The average molecular weight is 324 g/mol. The van der Waals surface area contributed by atoms with Crippen molar-refractivity contribution >= 4 is 11.9 Å². The summed E-state index contributed by atoms with van der Waals surface area (Å²) in [5, 5.41) is 6.01. The van der Waals surface area contributed by atoms with E-state index in [9.17, 15) is 9.18 Å². The Hall–Kier alpha value is -2.15. The van der Waals surface area contributed by atoms with Crippen LogP contribution in [0.3, 0.4) is 0 Å². The SMILES string of the molecule is COCCNC(=NCc1ccc(C)c(F)c1)NCC(=O)N(C)C. The molecule has 0 heterocycles. The number of nitrogens with zero attached hydrogens (tertiary/aromatic N) is 2. The summed E-state index contributed by atoms with van der Waals surface area (Å²) in [6.07, 6.45) is 0. The quantitative estimate of drug-likeness (QED) is 0.444. The van der Waals surface area contributed by atoms with Gasteiger partial charge in [-0.05, 0) is 24.1 Å². The van der Waals surface area contributed by atoms with Crippen LogP contribution in [0.25, 0.3) is 0 Å². The largest absolute Gasteiger partial charge is 0.383 e. The molecular weight excluding hydrogens is 299 g/mol. The minimum atomic E-state index is -0.248. The third-order valence-electron chi connectivity index (χ3n) is 3.16. The molecule has 128 valence electrons. The van der Waals surface area contributed by atoms with E-state index in [1.165, 1.54) is 11.0 Å². The molecule has 0 spiro atoms. The van der Waals surface area contributed by atoms with Gasteiger partial charge in [-0.2, -0.15) is 0 Å². The van der Waals surface area contributed by atoms with Crippen molar-refractivity contribution in [3.8, 4) is 0 Å². The van der Waals surface area contributed by atoms with Crippen molar-refractivity contribution in [2.75, 3.05) is 40.9 Å². The first-order valence-electron chi connectivity index (χ1n) is 7.40. The van der Waals surface area contributed by atoms with E-state index >= 15 is 0 Å². The van der Waals surface area contributed by atoms with Crippen LogP contribution in [-0.2, 0) is 16.1 Å². The van der Waals surface area contributed by atoms with E-state index in [2.05, 4.69) is 15.6 Å². The van der Waals surface area contributed by atoms with Gasteiger partial charge in [-0.15, -0.1) is 0 Å². The van der Waals surface area contributed by atoms with Crippen LogP contribution >= 0.6 is 0 Å². The highest BCUT2D eigenvalue weighted by Crippen LogP contribution is 2.09. The van der Waals surface area contributed by atoms with E-state index in [1.807, 2.05) is 6.07 Å². The smallest absolute Gasteiger partial charge is 0.241 e. The number of ether oxygens (including phenoxy) is 1. The van der Waals surface area contributed by atoms with Crippen molar-refractivity contribution in [3.63, 3.8) is 0 Å².